The second-order valence-electron chi connectivity index (χ2n) is 6.27. The van der Waals surface area contributed by atoms with Crippen LogP contribution in [0, 0.1) is 5.41 Å². The fraction of sp³-hybridized carbons (Fsp3) is 0.600. The van der Waals surface area contributed by atoms with E-state index in [-0.39, 0.29) is 11.5 Å². The summed E-state index contributed by atoms with van der Waals surface area (Å²) in [6.07, 6.45) is 2.12. The van der Waals surface area contributed by atoms with Crippen molar-refractivity contribution in [3.8, 4) is 5.75 Å². The first kappa shape index (κ1) is 13.9. The monoisotopic (exact) mass is 312 g/mol. The summed E-state index contributed by atoms with van der Waals surface area (Å²) in [6.45, 7) is 7.21. The molecule has 100 valence electrons. The van der Waals surface area contributed by atoms with E-state index < -0.39 is 0 Å². The van der Waals surface area contributed by atoms with Gasteiger partial charge in [0, 0.05) is 17.3 Å². The van der Waals surface area contributed by atoms with Crippen LogP contribution in [0.25, 0.3) is 0 Å². The minimum absolute atomic E-state index is 0.148. The number of ether oxygens (including phenoxy) is 1. The van der Waals surface area contributed by atoms with E-state index in [2.05, 4.69) is 48.8 Å². The Bertz CT molecular complexity index is 435. The molecule has 1 unspecified atom stereocenters. The molecule has 1 aliphatic rings. The van der Waals surface area contributed by atoms with Crippen molar-refractivity contribution in [3.63, 3.8) is 0 Å². The topological polar surface area (TPSA) is 29.5 Å². The Labute approximate surface area is 117 Å². The van der Waals surface area contributed by atoms with E-state index >= 15 is 0 Å². The molecule has 1 aromatic carbocycles. The summed E-state index contributed by atoms with van der Waals surface area (Å²) >= 11 is 3.53. The molecular formula is C15H21BrO2. The van der Waals surface area contributed by atoms with Crippen molar-refractivity contribution in [2.24, 2.45) is 5.41 Å². The molecular weight excluding hydrogens is 292 g/mol. The van der Waals surface area contributed by atoms with Crippen molar-refractivity contribution in [3.05, 3.63) is 27.7 Å². The fourth-order valence-corrected chi connectivity index (χ4v) is 3.08. The zero-order chi connectivity index (χ0) is 13.3. The van der Waals surface area contributed by atoms with Gasteiger partial charge in [-0.15, -0.1) is 0 Å². The third kappa shape index (κ3) is 3.48. The molecule has 0 radical (unpaired) electrons. The van der Waals surface area contributed by atoms with Gasteiger partial charge in [-0.3, -0.25) is 0 Å². The lowest BCUT2D eigenvalue weighted by atomic mass is 9.87. The zero-order valence-electron chi connectivity index (χ0n) is 11.3. The Hall–Kier alpha value is -0.540. The van der Waals surface area contributed by atoms with Crippen LogP contribution in [0.5, 0.6) is 5.75 Å². The van der Waals surface area contributed by atoms with Gasteiger partial charge in [-0.05, 0) is 35.1 Å². The molecule has 1 atom stereocenters. The summed E-state index contributed by atoms with van der Waals surface area (Å²) < 4.78 is 6.76. The predicted octanol–water partition coefficient (Wildman–Crippen LogP) is 3.72. The molecule has 18 heavy (non-hydrogen) atoms. The molecule has 0 aliphatic carbocycles. The second-order valence-corrected chi connectivity index (χ2v) is 7.19. The third-order valence-corrected chi connectivity index (χ3v) is 3.59. The lowest BCUT2D eigenvalue weighted by Crippen LogP contribution is -2.19. The van der Waals surface area contributed by atoms with Gasteiger partial charge in [-0.1, -0.05) is 36.7 Å². The molecule has 0 spiro atoms. The van der Waals surface area contributed by atoms with Crippen LogP contribution >= 0.6 is 15.9 Å². The normalized spacial score (nSPS) is 16.3. The van der Waals surface area contributed by atoms with Crippen molar-refractivity contribution in [2.45, 2.75) is 46.1 Å². The van der Waals surface area contributed by atoms with Gasteiger partial charge in [0.15, 0.2) is 0 Å². The summed E-state index contributed by atoms with van der Waals surface area (Å²) in [4.78, 5) is 0. The van der Waals surface area contributed by atoms with Crippen molar-refractivity contribution in [1.82, 2.24) is 0 Å². The molecule has 2 nitrogen and oxygen atoms in total. The van der Waals surface area contributed by atoms with Gasteiger partial charge < -0.3 is 9.84 Å². The highest BCUT2D eigenvalue weighted by molar-refractivity contribution is 9.10. The van der Waals surface area contributed by atoms with E-state index in [1.807, 2.05) is 0 Å². The first-order chi connectivity index (χ1) is 8.35. The molecule has 0 fully saturated rings. The smallest absolute Gasteiger partial charge is 0.125 e. The number of hydrogen-bond donors (Lipinski definition) is 1. The van der Waals surface area contributed by atoms with Gasteiger partial charge in [0.05, 0.1) is 12.7 Å². The number of benzene rings is 1. The van der Waals surface area contributed by atoms with Crippen LogP contribution in [0.15, 0.2) is 16.6 Å². The molecule has 0 bridgehead atoms. The van der Waals surface area contributed by atoms with Gasteiger partial charge in [0.1, 0.15) is 5.75 Å². The molecule has 0 aromatic heterocycles. The van der Waals surface area contributed by atoms with Crippen LogP contribution in [-0.2, 0) is 12.8 Å². The molecule has 0 saturated heterocycles. The maximum Gasteiger partial charge on any atom is 0.125 e. The second kappa shape index (κ2) is 5.22. The van der Waals surface area contributed by atoms with Crippen molar-refractivity contribution in [2.75, 3.05) is 6.61 Å². The van der Waals surface area contributed by atoms with E-state index in [1.165, 1.54) is 5.56 Å². The Morgan fingerprint density at radius 3 is 2.78 bits per heavy atom. The van der Waals surface area contributed by atoms with Crippen LogP contribution in [0.4, 0.5) is 0 Å². The van der Waals surface area contributed by atoms with E-state index in [4.69, 9.17) is 4.74 Å². The van der Waals surface area contributed by atoms with Crippen LogP contribution in [0.3, 0.4) is 0 Å². The van der Waals surface area contributed by atoms with E-state index in [0.29, 0.717) is 6.42 Å². The molecule has 0 amide bonds. The lowest BCUT2D eigenvalue weighted by Gasteiger charge is -2.23. The highest BCUT2D eigenvalue weighted by Gasteiger charge is 2.22. The van der Waals surface area contributed by atoms with Crippen molar-refractivity contribution < 1.29 is 9.84 Å². The summed E-state index contributed by atoms with van der Waals surface area (Å²) in [7, 11) is 0. The first-order valence-corrected chi connectivity index (χ1v) is 7.26. The highest BCUT2D eigenvalue weighted by atomic mass is 79.9. The van der Waals surface area contributed by atoms with Crippen molar-refractivity contribution >= 4 is 15.9 Å². The van der Waals surface area contributed by atoms with Gasteiger partial charge in [-0.25, -0.2) is 0 Å². The molecule has 1 heterocycles. The van der Waals surface area contributed by atoms with Crippen LogP contribution < -0.4 is 4.74 Å². The maximum absolute atomic E-state index is 10.2. The number of fused-ring (bicyclic) bond motifs is 1. The Morgan fingerprint density at radius 1 is 1.39 bits per heavy atom. The predicted molar refractivity (Wildman–Crippen MR) is 77.1 cm³/mol. The Kier molecular flexibility index (Phi) is 4.02. The molecule has 1 N–H and O–H groups in total. The maximum atomic E-state index is 10.2. The number of hydrogen-bond acceptors (Lipinski definition) is 2. The van der Waals surface area contributed by atoms with Gasteiger partial charge >= 0.3 is 0 Å². The van der Waals surface area contributed by atoms with E-state index in [0.717, 1.165) is 35.2 Å². The van der Waals surface area contributed by atoms with Gasteiger partial charge in [0.2, 0.25) is 0 Å². The van der Waals surface area contributed by atoms with Crippen LogP contribution in [0.2, 0.25) is 0 Å². The SMILES string of the molecule is CC(C)(C)CC(O)Cc1cc(Br)cc2c1OCC2. The number of aliphatic hydroxyl groups is 1. The Morgan fingerprint density at radius 2 is 2.11 bits per heavy atom. The summed E-state index contributed by atoms with van der Waals surface area (Å²) in [5.41, 5.74) is 2.52. The van der Waals surface area contributed by atoms with Crippen molar-refractivity contribution in [1.29, 1.82) is 0 Å². The number of aliphatic hydroxyl groups excluding tert-OH is 1. The van der Waals surface area contributed by atoms with E-state index in [9.17, 15) is 5.11 Å². The summed E-state index contributed by atoms with van der Waals surface area (Å²) in [6, 6.07) is 4.18. The molecule has 2 rings (SSSR count). The molecule has 1 aliphatic heterocycles. The highest BCUT2D eigenvalue weighted by Crippen LogP contribution is 2.34. The quantitative estimate of drug-likeness (QED) is 0.921. The average molecular weight is 313 g/mol. The third-order valence-electron chi connectivity index (χ3n) is 3.13. The molecule has 1 aromatic rings. The number of halogens is 1. The van der Waals surface area contributed by atoms with Crippen LogP contribution in [0.1, 0.15) is 38.3 Å². The fourth-order valence-electron chi connectivity index (χ4n) is 2.53. The minimum atomic E-state index is -0.312. The van der Waals surface area contributed by atoms with Gasteiger partial charge in [-0.2, -0.15) is 0 Å². The standard InChI is InChI=1S/C15H21BrO2/c1-15(2,3)9-13(17)8-11-7-12(16)6-10-4-5-18-14(10)11/h6-7,13,17H,4-5,8-9H2,1-3H3. The summed E-state index contributed by atoms with van der Waals surface area (Å²) in [5, 5.41) is 10.2. The first-order valence-electron chi connectivity index (χ1n) is 6.47. The molecule has 3 heteroatoms. The zero-order valence-corrected chi connectivity index (χ0v) is 12.9. The summed E-state index contributed by atoms with van der Waals surface area (Å²) in [5.74, 6) is 0.992. The van der Waals surface area contributed by atoms with E-state index in [1.54, 1.807) is 0 Å². The number of rotatable bonds is 3. The van der Waals surface area contributed by atoms with Crippen LogP contribution in [-0.4, -0.2) is 17.8 Å². The van der Waals surface area contributed by atoms with Gasteiger partial charge in [0.25, 0.3) is 0 Å². The Balaban J connectivity index is 2.14. The molecule has 0 saturated carbocycles. The average Bonchev–Trinajstić information content (AvgIpc) is 2.61. The lowest BCUT2D eigenvalue weighted by molar-refractivity contribution is 0.120. The largest absolute Gasteiger partial charge is 0.493 e. The minimum Gasteiger partial charge on any atom is -0.493 e.